The van der Waals surface area contributed by atoms with Gasteiger partial charge in [-0.3, -0.25) is 0 Å². The quantitative estimate of drug-likeness (QED) is 0.382. The van der Waals surface area contributed by atoms with Gasteiger partial charge in [-0.05, 0) is 80.0 Å². The smallest absolute Gasteiger partial charge is 0.126 e. The summed E-state index contributed by atoms with van der Waals surface area (Å²) in [6.45, 7) is 13.6. The molecule has 2 heteroatoms. The summed E-state index contributed by atoms with van der Waals surface area (Å²) in [6.07, 6.45) is 14.6. The zero-order valence-electron chi connectivity index (χ0n) is 20.0. The topological polar surface area (TPSA) is 29.5 Å². The molecule has 1 aromatic carbocycles. The Morgan fingerprint density at radius 2 is 1.48 bits per heavy atom. The van der Waals surface area contributed by atoms with E-state index in [1.54, 1.807) is 0 Å². The molecular formula is C27H46O2. The van der Waals surface area contributed by atoms with Crippen LogP contribution in [-0.2, 0) is 6.42 Å². The highest BCUT2D eigenvalue weighted by molar-refractivity contribution is 5.52. The Hall–Kier alpha value is -1.18. The monoisotopic (exact) mass is 402 g/mol. The van der Waals surface area contributed by atoms with E-state index in [1.165, 1.54) is 56.9 Å². The number of hydrogen-bond acceptors (Lipinski definition) is 2. The van der Waals surface area contributed by atoms with Gasteiger partial charge >= 0.3 is 0 Å². The predicted molar refractivity (Wildman–Crippen MR) is 125 cm³/mol. The summed E-state index contributed by atoms with van der Waals surface area (Å²) in [7, 11) is 0. The highest BCUT2D eigenvalue weighted by Crippen LogP contribution is 2.38. The molecule has 2 rings (SSSR count). The zero-order valence-corrected chi connectivity index (χ0v) is 20.0. The van der Waals surface area contributed by atoms with Crippen molar-refractivity contribution in [2.45, 2.75) is 118 Å². The molecule has 1 aliphatic rings. The second-order valence-corrected chi connectivity index (χ2v) is 10.3. The van der Waals surface area contributed by atoms with Crippen LogP contribution >= 0.6 is 0 Å². The summed E-state index contributed by atoms with van der Waals surface area (Å²) in [6, 6.07) is 1.90. The zero-order chi connectivity index (χ0) is 21.4. The SMILES string of the molecule is Cc1c(O)cc2c(c1C)O[C@H](CCC[C@H](C)CCC[C@H](C)CCCC(C)C)CC2. The standard InChI is InChI=1S/C27H46O2/c1-19(2)10-7-11-20(3)12-8-13-21(4)14-9-15-25-17-16-24-18-26(28)22(5)23(6)27(24)29-25/h18-21,25,28H,7-17H2,1-6H3/t20-,21-,25-/m1/s1. The number of fused-ring (bicyclic) bond motifs is 1. The first kappa shape index (κ1) is 24.1. The Bertz CT molecular complexity index is 619. The van der Waals surface area contributed by atoms with Crippen molar-refractivity contribution in [1.82, 2.24) is 0 Å². The Labute approximate surface area is 180 Å². The minimum atomic E-state index is 0.346. The van der Waals surface area contributed by atoms with E-state index in [4.69, 9.17) is 4.74 Å². The third-order valence-corrected chi connectivity index (χ3v) is 7.01. The number of benzene rings is 1. The number of phenols is 1. The van der Waals surface area contributed by atoms with Crippen molar-refractivity contribution in [2.75, 3.05) is 0 Å². The maximum absolute atomic E-state index is 10.0. The second kappa shape index (κ2) is 11.9. The molecule has 0 saturated heterocycles. The lowest BCUT2D eigenvalue weighted by Gasteiger charge is -2.29. The van der Waals surface area contributed by atoms with Gasteiger partial charge in [0.05, 0.1) is 6.10 Å². The fourth-order valence-corrected chi connectivity index (χ4v) is 4.71. The van der Waals surface area contributed by atoms with Crippen molar-refractivity contribution >= 4 is 0 Å². The summed E-state index contributed by atoms with van der Waals surface area (Å²) in [5, 5.41) is 10.0. The van der Waals surface area contributed by atoms with Crippen molar-refractivity contribution in [3.05, 3.63) is 22.8 Å². The normalized spacial score (nSPS) is 18.4. The Balaban J connectivity index is 1.62. The van der Waals surface area contributed by atoms with Gasteiger partial charge < -0.3 is 9.84 Å². The van der Waals surface area contributed by atoms with Gasteiger partial charge in [0.1, 0.15) is 11.5 Å². The molecule has 0 bridgehead atoms. The highest BCUT2D eigenvalue weighted by Gasteiger charge is 2.23. The van der Waals surface area contributed by atoms with E-state index >= 15 is 0 Å². The Morgan fingerprint density at radius 1 is 0.897 bits per heavy atom. The van der Waals surface area contributed by atoms with E-state index < -0.39 is 0 Å². The van der Waals surface area contributed by atoms with Gasteiger partial charge in [-0.15, -0.1) is 0 Å². The van der Waals surface area contributed by atoms with Gasteiger partial charge in [0.25, 0.3) is 0 Å². The number of phenolic OH excluding ortho intramolecular Hbond substituents is 1. The molecule has 0 saturated carbocycles. The molecule has 0 spiro atoms. The molecule has 166 valence electrons. The van der Waals surface area contributed by atoms with Crippen LogP contribution in [-0.4, -0.2) is 11.2 Å². The highest BCUT2D eigenvalue weighted by atomic mass is 16.5. The van der Waals surface area contributed by atoms with Crippen LogP contribution in [0.3, 0.4) is 0 Å². The van der Waals surface area contributed by atoms with Gasteiger partial charge in [0.2, 0.25) is 0 Å². The Kier molecular flexibility index (Phi) is 9.86. The molecule has 1 aliphatic heterocycles. The summed E-state index contributed by atoms with van der Waals surface area (Å²) in [4.78, 5) is 0. The van der Waals surface area contributed by atoms with Crippen LogP contribution in [0.25, 0.3) is 0 Å². The van der Waals surface area contributed by atoms with E-state index in [0.29, 0.717) is 11.9 Å². The van der Waals surface area contributed by atoms with Gasteiger partial charge in [-0.2, -0.15) is 0 Å². The van der Waals surface area contributed by atoms with Gasteiger partial charge in [-0.25, -0.2) is 0 Å². The van der Waals surface area contributed by atoms with Gasteiger partial charge in [0.15, 0.2) is 0 Å². The van der Waals surface area contributed by atoms with Gasteiger partial charge in [0, 0.05) is 0 Å². The van der Waals surface area contributed by atoms with Crippen LogP contribution in [0.2, 0.25) is 0 Å². The number of hydrogen-bond donors (Lipinski definition) is 1. The maximum atomic E-state index is 10.0. The maximum Gasteiger partial charge on any atom is 0.126 e. The first-order chi connectivity index (χ1) is 13.8. The molecule has 3 atom stereocenters. The molecule has 1 aromatic rings. The number of aryl methyl sites for hydroxylation is 1. The molecule has 29 heavy (non-hydrogen) atoms. The van der Waals surface area contributed by atoms with Crippen molar-refractivity contribution in [3.63, 3.8) is 0 Å². The van der Waals surface area contributed by atoms with E-state index in [1.807, 2.05) is 13.0 Å². The first-order valence-corrected chi connectivity index (χ1v) is 12.3. The summed E-state index contributed by atoms with van der Waals surface area (Å²) in [5.41, 5.74) is 3.25. The molecular weight excluding hydrogens is 356 g/mol. The second-order valence-electron chi connectivity index (χ2n) is 10.3. The van der Waals surface area contributed by atoms with E-state index in [9.17, 15) is 5.11 Å². The molecule has 1 heterocycles. The van der Waals surface area contributed by atoms with Crippen molar-refractivity contribution < 1.29 is 9.84 Å². The molecule has 0 amide bonds. The molecule has 0 aromatic heterocycles. The summed E-state index contributed by atoms with van der Waals surface area (Å²) in [5.74, 6) is 4.02. The third kappa shape index (κ3) is 7.87. The average Bonchev–Trinajstić information content (AvgIpc) is 2.66. The Morgan fingerprint density at radius 3 is 2.10 bits per heavy atom. The fraction of sp³-hybridized carbons (Fsp3) is 0.778. The van der Waals surface area contributed by atoms with E-state index in [2.05, 4.69) is 34.6 Å². The van der Waals surface area contributed by atoms with Gasteiger partial charge in [-0.1, -0.05) is 72.6 Å². The van der Waals surface area contributed by atoms with Crippen molar-refractivity contribution in [1.29, 1.82) is 0 Å². The predicted octanol–water partition coefficient (Wildman–Crippen LogP) is 8.14. The minimum absolute atomic E-state index is 0.346. The van der Waals surface area contributed by atoms with E-state index in [0.717, 1.165) is 53.9 Å². The lowest BCUT2D eigenvalue weighted by Crippen LogP contribution is -2.23. The lowest BCUT2D eigenvalue weighted by molar-refractivity contribution is 0.156. The summed E-state index contributed by atoms with van der Waals surface area (Å²) >= 11 is 0. The van der Waals surface area contributed by atoms with E-state index in [-0.39, 0.29) is 0 Å². The minimum Gasteiger partial charge on any atom is -0.508 e. The number of rotatable bonds is 12. The summed E-state index contributed by atoms with van der Waals surface area (Å²) < 4.78 is 6.34. The van der Waals surface area contributed by atoms with Crippen LogP contribution in [0.4, 0.5) is 0 Å². The van der Waals surface area contributed by atoms with Crippen LogP contribution in [0, 0.1) is 31.6 Å². The molecule has 1 N–H and O–H groups in total. The van der Waals surface area contributed by atoms with Crippen LogP contribution in [0.15, 0.2) is 6.07 Å². The number of aromatic hydroxyl groups is 1. The molecule has 0 aliphatic carbocycles. The molecule has 0 unspecified atom stereocenters. The molecule has 0 radical (unpaired) electrons. The molecule has 2 nitrogen and oxygen atoms in total. The van der Waals surface area contributed by atoms with Crippen molar-refractivity contribution in [2.24, 2.45) is 17.8 Å². The first-order valence-electron chi connectivity index (χ1n) is 12.3. The third-order valence-electron chi connectivity index (χ3n) is 7.01. The fourth-order valence-electron chi connectivity index (χ4n) is 4.71. The largest absolute Gasteiger partial charge is 0.508 e. The average molecular weight is 403 g/mol. The van der Waals surface area contributed by atoms with Crippen LogP contribution in [0.1, 0.15) is 109 Å². The van der Waals surface area contributed by atoms with Crippen LogP contribution < -0.4 is 4.74 Å². The number of ether oxygens (including phenoxy) is 1. The lowest BCUT2D eigenvalue weighted by atomic mass is 9.90. The van der Waals surface area contributed by atoms with Crippen LogP contribution in [0.5, 0.6) is 11.5 Å². The molecule has 0 fully saturated rings. The van der Waals surface area contributed by atoms with Crippen molar-refractivity contribution in [3.8, 4) is 11.5 Å².